The van der Waals surface area contributed by atoms with E-state index in [0.29, 0.717) is 0 Å². The van der Waals surface area contributed by atoms with Gasteiger partial charge in [-0.2, -0.15) is 0 Å². The monoisotopic (exact) mass is 844 g/mol. The molecule has 308 valence electrons. The van der Waals surface area contributed by atoms with Crippen LogP contribution in [0.4, 0.5) is 0 Å². The maximum Gasteiger partial charge on any atom is 0.0159 e. The quantitative estimate of drug-likeness (QED) is 0.166. The molecule has 0 bridgehead atoms. The number of rotatable bonds is 3. The molecule has 0 heterocycles. The zero-order chi connectivity index (χ0) is 43.9. The molecule has 0 aromatic heterocycles. The highest BCUT2D eigenvalue weighted by molar-refractivity contribution is 6.30. The van der Waals surface area contributed by atoms with E-state index in [1.54, 1.807) is 0 Å². The minimum Gasteiger partial charge on any atom is -0.0622 e. The second-order valence-corrected chi connectivity index (χ2v) is 19.8. The third kappa shape index (κ3) is 4.44. The standard InChI is InChI=1S/C67H40/c1-67(2)58-35-54-47-24-12-20-37-19-11-23-46(60(37)47)52(54)33-56(58)57-34-53-48-27-13-25-42-40(29-31-49(63(42)48)55(53)36-59(57)67)41-30-32-51-64-43(41)26-14-28-50(64)65-61(38-15-5-3-6-16-38)44-21-9-10-22-45(44)62(66(51)65)39-17-7-4-8-18-39/h3-36H,1-2H3. The van der Waals surface area contributed by atoms with Crippen molar-refractivity contribution in [3.8, 4) is 111 Å². The van der Waals surface area contributed by atoms with Gasteiger partial charge in [-0.1, -0.05) is 196 Å². The van der Waals surface area contributed by atoms with Crippen LogP contribution in [-0.4, -0.2) is 0 Å². The Morgan fingerprint density at radius 2 is 0.612 bits per heavy atom. The van der Waals surface area contributed by atoms with E-state index in [0.717, 1.165) is 0 Å². The Labute approximate surface area is 389 Å². The summed E-state index contributed by atoms with van der Waals surface area (Å²) in [5, 5.41) is 10.6. The van der Waals surface area contributed by atoms with Crippen LogP contribution in [0.3, 0.4) is 0 Å². The van der Waals surface area contributed by atoms with Crippen molar-refractivity contribution >= 4 is 43.1 Å². The molecule has 16 rings (SSSR count). The van der Waals surface area contributed by atoms with Crippen LogP contribution < -0.4 is 0 Å². The van der Waals surface area contributed by atoms with Crippen LogP contribution in [0, 0.1) is 0 Å². The largest absolute Gasteiger partial charge is 0.0622 e. The van der Waals surface area contributed by atoms with Gasteiger partial charge < -0.3 is 0 Å². The summed E-state index contributed by atoms with van der Waals surface area (Å²) in [5.74, 6) is 0. The topological polar surface area (TPSA) is 0 Å². The molecule has 0 saturated carbocycles. The predicted molar refractivity (Wildman–Crippen MR) is 284 cm³/mol. The highest BCUT2D eigenvalue weighted by Crippen LogP contribution is 2.61. The molecule has 0 atom stereocenters. The van der Waals surface area contributed by atoms with E-state index in [9.17, 15) is 0 Å². The summed E-state index contributed by atoms with van der Waals surface area (Å²) in [5.41, 5.74) is 29.3. The van der Waals surface area contributed by atoms with Gasteiger partial charge in [-0.3, -0.25) is 0 Å². The van der Waals surface area contributed by atoms with Gasteiger partial charge in [0.05, 0.1) is 0 Å². The Morgan fingerprint density at radius 3 is 1.15 bits per heavy atom. The van der Waals surface area contributed by atoms with Crippen LogP contribution >= 0.6 is 0 Å². The van der Waals surface area contributed by atoms with Crippen molar-refractivity contribution < 1.29 is 0 Å². The number of benzene rings is 12. The third-order valence-corrected chi connectivity index (χ3v) is 16.3. The summed E-state index contributed by atoms with van der Waals surface area (Å²) in [6.07, 6.45) is 0. The van der Waals surface area contributed by atoms with Crippen molar-refractivity contribution in [2.45, 2.75) is 19.3 Å². The molecule has 0 saturated heterocycles. The Morgan fingerprint density at radius 1 is 0.239 bits per heavy atom. The fourth-order valence-corrected chi connectivity index (χ4v) is 13.4. The van der Waals surface area contributed by atoms with E-state index in [1.807, 2.05) is 0 Å². The molecule has 0 aliphatic heterocycles. The maximum absolute atomic E-state index is 2.55. The SMILES string of the molecule is CC1(C)c2cc3c(cc2-c2cc4c(cc21)-c1ccc(-c2ccc5c6c(cccc26)-c2c-5c(-c5ccccc5)c5ccccc5c2-c2ccccc2)c2cccc-4c12)-c1cccc2cccc-3c12. The first-order valence-electron chi connectivity index (χ1n) is 23.8. The minimum atomic E-state index is -0.139. The van der Waals surface area contributed by atoms with Crippen molar-refractivity contribution in [2.24, 2.45) is 0 Å². The lowest BCUT2D eigenvalue weighted by Gasteiger charge is -2.23. The van der Waals surface area contributed by atoms with Gasteiger partial charge >= 0.3 is 0 Å². The normalized spacial score (nSPS) is 13.6. The molecule has 0 heteroatoms. The van der Waals surface area contributed by atoms with E-state index in [4.69, 9.17) is 0 Å². The van der Waals surface area contributed by atoms with Crippen LogP contribution in [0.5, 0.6) is 0 Å². The zero-order valence-electron chi connectivity index (χ0n) is 37.1. The maximum atomic E-state index is 2.55. The lowest BCUT2D eigenvalue weighted by molar-refractivity contribution is 0.661. The highest BCUT2D eigenvalue weighted by Gasteiger charge is 2.40. The Kier molecular flexibility index (Phi) is 6.72. The summed E-state index contributed by atoms with van der Waals surface area (Å²) < 4.78 is 0. The van der Waals surface area contributed by atoms with Crippen LogP contribution in [0.2, 0.25) is 0 Å². The summed E-state index contributed by atoms with van der Waals surface area (Å²) in [6, 6.07) is 78.5. The van der Waals surface area contributed by atoms with E-state index in [-0.39, 0.29) is 5.41 Å². The van der Waals surface area contributed by atoms with E-state index in [1.165, 1.54) is 165 Å². The van der Waals surface area contributed by atoms with Crippen molar-refractivity contribution in [1.29, 1.82) is 0 Å². The van der Waals surface area contributed by atoms with Crippen molar-refractivity contribution in [2.75, 3.05) is 0 Å². The Hall–Kier alpha value is -8.32. The van der Waals surface area contributed by atoms with Gasteiger partial charge in [0.15, 0.2) is 0 Å². The molecule has 0 unspecified atom stereocenters. The first-order chi connectivity index (χ1) is 33.0. The molecule has 0 radical (unpaired) electrons. The molecule has 4 aliphatic carbocycles. The lowest BCUT2D eigenvalue weighted by atomic mass is 9.80. The van der Waals surface area contributed by atoms with E-state index in [2.05, 4.69) is 220 Å². The molecule has 12 aromatic rings. The van der Waals surface area contributed by atoms with Crippen LogP contribution in [-0.2, 0) is 5.41 Å². The molecule has 0 spiro atoms. The molecule has 0 fully saturated rings. The van der Waals surface area contributed by atoms with Gasteiger partial charge in [0.25, 0.3) is 0 Å². The fraction of sp³-hybridized carbons (Fsp3) is 0.0448. The van der Waals surface area contributed by atoms with Gasteiger partial charge in [-0.25, -0.2) is 0 Å². The second kappa shape index (κ2) is 12.5. The van der Waals surface area contributed by atoms with Crippen molar-refractivity contribution in [3.63, 3.8) is 0 Å². The summed E-state index contributed by atoms with van der Waals surface area (Å²) in [4.78, 5) is 0. The zero-order valence-corrected chi connectivity index (χ0v) is 37.1. The van der Waals surface area contributed by atoms with Crippen molar-refractivity contribution in [1.82, 2.24) is 0 Å². The highest BCUT2D eigenvalue weighted by atomic mass is 14.4. The van der Waals surface area contributed by atoms with Gasteiger partial charge in [0, 0.05) is 5.41 Å². The van der Waals surface area contributed by atoms with Gasteiger partial charge in [-0.05, 0) is 190 Å². The molecule has 0 nitrogen and oxygen atoms in total. The fourth-order valence-electron chi connectivity index (χ4n) is 13.4. The summed E-state index contributed by atoms with van der Waals surface area (Å²) in [7, 11) is 0. The Bertz CT molecular complexity index is 4160. The summed E-state index contributed by atoms with van der Waals surface area (Å²) in [6.45, 7) is 4.87. The van der Waals surface area contributed by atoms with Gasteiger partial charge in [0.1, 0.15) is 0 Å². The smallest absolute Gasteiger partial charge is 0.0159 e. The molecule has 4 aliphatic rings. The lowest BCUT2D eigenvalue weighted by Crippen LogP contribution is -2.15. The molecule has 0 amide bonds. The first kappa shape index (κ1) is 36.0. The number of hydrogen-bond donors (Lipinski definition) is 0. The predicted octanol–water partition coefficient (Wildman–Crippen LogP) is 18.5. The minimum absolute atomic E-state index is 0.139. The number of fused-ring (bicyclic) bond motifs is 13. The van der Waals surface area contributed by atoms with Crippen molar-refractivity contribution in [3.05, 3.63) is 217 Å². The van der Waals surface area contributed by atoms with Crippen LogP contribution in [0.25, 0.3) is 154 Å². The Balaban J connectivity index is 0.899. The summed E-state index contributed by atoms with van der Waals surface area (Å²) >= 11 is 0. The van der Waals surface area contributed by atoms with Gasteiger partial charge in [-0.15, -0.1) is 0 Å². The van der Waals surface area contributed by atoms with Crippen LogP contribution in [0.15, 0.2) is 206 Å². The van der Waals surface area contributed by atoms with Crippen LogP contribution in [0.1, 0.15) is 25.0 Å². The molecule has 67 heavy (non-hydrogen) atoms. The third-order valence-electron chi connectivity index (χ3n) is 16.3. The van der Waals surface area contributed by atoms with Gasteiger partial charge in [0.2, 0.25) is 0 Å². The van der Waals surface area contributed by atoms with E-state index >= 15 is 0 Å². The molecule has 12 aromatic carbocycles. The van der Waals surface area contributed by atoms with E-state index < -0.39 is 0 Å². The number of hydrogen-bond acceptors (Lipinski definition) is 0. The first-order valence-corrected chi connectivity index (χ1v) is 23.8. The molecule has 0 N–H and O–H groups in total. The molecular formula is C67H40. The average molecular weight is 845 g/mol. The molecular weight excluding hydrogens is 805 g/mol. The second-order valence-electron chi connectivity index (χ2n) is 19.8. The average Bonchev–Trinajstić information content (AvgIpc) is 4.06.